The monoisotopic (exact) mass is 280 g/mol. The van der Waals surface area contributed by atoms with Gasteiger partial charge in [-0.25, -0.2) is 0 Å². The standard InChI is InChI=1S/C18H16O3/c1-21-17-11-12(6-9-16(17)19)10-14-8-7-13-4-2-3-5-15(13)18(14)20/h2-6,9-11,19H,7-8H2,1H3/b14-10+. The van der Waals surface area contributed by atoms with Gasteiger partial charge in [0.2, 0.25) is 0 Å². The van der Waals surface area contributed by atoms with Gasteiger partial charge < -0.3 is 9.84 Å². The van der Waals surface area contributed by atoms with E-state index in [-0.39, 0.29) is 11.5 Å². The van der Waals surface area contributed by atoms with Crippen LogP contribution in [0.5, 0.6) is 11.5 Å². The summed E-state index contributed by atoms with van der Waals surface area (Å²) in [6.45, 7) is 0. The summed E-state index contributed by atoms with van der Waals surface area (Å²) in [6, 6.07) is 12.8. The number of carbonyl (C=O) groups excluding carboxylic acids is 1. The average Bonchev–Trinajstić information content (AvgIpc) is 2.52. The van der Waals surface area contributed by atoms with E-state index in [4.69, 9.17) is 4.74 Å². The summed E-state index contributed by atoms with van der Waals surface area (Å²) in [7, 11) is 1.51. The van der Waals surface area contributed by atoms with Gasteiger partial charge in [0.25, 0.3) is 0 Å². The van der Waals surface area contributed by atoms with Crippen LogP contribution in [0.2, 0.25) is 0 Å². The van der Waals surface area contributed by atoms with E-state index in [0.29, 0.717) is 5.75 Å². The molecule has 1 aliphatic rings. The highest BCUT2D eigenvalue weighted by molar-refractivity contribution is 6.13. The van der Waals surface area contributed by atoms with Gasteiger partial charge in [-0.3, -0.25) is 4.79 Å². The Morgan fingerprint density at radius 1 is 1.14 bits per heavy atom. The predicted molar refractivity (Wildman–Crippen MR) is 81.7 cm³/mol. The molecule has 1 N–H and O–H groups in total. The second-order valence-electron chi connectivity index (χ2n) is 5.09. The molecule has 21 heavy (non-hydrogen) atoms. The minimum atomic E-state index is 0.0869. The predicted octanol–water partition coefficient (Wildman–Crippen LogP) is 3.61. The second-order valence-corrected chi connectivity index (χ2v) is 5.09. The van der Waals surface area contributed by atoms with Crippen molar-refractivity contribution in [1.29, 1.82) is 0 Å². The minimum Gasteiger partial charge on any atom is -0.504 e. The maximum Gasteiger partial charge on any atom is 0.189 e. The number of rotatable bonds is 2. The molecule has 2 aromatic carbocycles. The van der Waals surface area contributed by atoms with Crippen molar-refractivity contribution >= 4 is 11.9 Å². The minimum absolute atomic E-state index is 0.0869. The first-order valence-corrected chi connectivity index (χ1v) is 6.89. The number of phenols is 1. The number of Topliss-reactive ketones (excluding diaryl/α,β-unsaturated/α-hetero) is 1. The van der Waals surface area contributed by atoms with Gasteiger partial charge in [0, 0.05) is 11.1 Å². The molecule has 0 saturated heterocycles. The van der Waals surface area contributed by atoms with Crippen LogP contribution in [0.1, 0.15) is 27.9 Å². The van der Waals surface area contributed by atoms with Gasteiger partial charge in [-0.05, 0) is 42.2 Å². The molecule has 0 saturated carbocycles. The number of ether oxygens (including phenoxy) is 1. The van der Waals surface area contributed by atoms with Crippen LogP contribution in [-0.4, -0.2) is 18.0 Å². The van der Waals surface area contributed by atoms with E-state index < -0.39 is 0 Å². The Balaban J connectivity index is 1.96. The SMILES string of the molecule is COc1cc(/C=C2\CCc3ccccc3C2=O)ccc1O. The zero-order valence-corrected chi connectivity index (χ0v) is 11.8. The zero-order valence-electron chi connectivity index (χ0n) is 11.8. The fourth-order valence-corrected chi connectivity index (χ4v) is 2.64. The van der Waals surface area contributed by atoms with Crippen molar-refractivity contribution in [2.24, 2.45) is 0 Å². The molecule has 1 aliphatic carbocycles. The van der Waals surface area contributed by atoms with Gasteiger partial charge in [-0.2, -0.15) is 0 Å². The molecule has 0 heterocycles. The zero-order chi connectivity index (χ0) is 14.8. The van der Waals surface area contributed by atoms with E-state index >= 15 is 0 Å². The van der Waals surface area contributed by atoms with E-state index in [2.05, 4.69) is 0 Å². The molecular formula is C18H16O3. The van der Waals surface area contributed by atoms with Crippen LogP contribution in [0.4, 0.5) is 0 Å². The summed E-state index contributed by atoms with van der Waals surface area (Å²) in [6.07, 6.45) is 3.49. The topological polar surface area (TPSA) is 46.5 Å². The first-order valence-electron chi connectivity index (χ1n) is 6.89. The van der Waals surface area contributed by atoms with E-state index in [0.717, 1.165) is 35.1 Å². The van der Waals surface area contributed by atoms with Gasteiger partial charge >= 0.3 is 0 Å². The molecule has 0 spiro atoms. The van der Waals surface area contributed by atoms with Crippen molar-refractivity contribution in [3.63, 3.8) is 0 Å². The van der Waals surface area contributed by atoms with Crippen molar-refractivity contribution in [3.05, 3.63) is 64.7 Å². The summed E-state index contributed by atoms with van der Waals surface area (Å²) in [4.78, 5) is 12.5. The summed E-state index contributed by atoms with van der Waals surface area (Å²) in [5.74, 6) is 0.594. The van der Waals surface area contributed by atoms with Crippen LogP contribution in [-0.2, 0) is 6.42 Å². The number of aromatic hydroxyl groups is 1. The molecule has 2 aromatic rings. The van der Waals surface area contributed by atoms with E-state index in [1.165, 1.54) is 7.11 Å². The Hall–Kier alpha value is -2.55. The second kappa shape index (κ2) is 5.44. The number of fused-ring (bicyclic) bond motifs is 1. The third-order valence-corrected chi connectivity index (χ3v) is 3.76. The number of carbonyl (C=O) groups is 1. The Labute approximate surface area is 123 Å². The smallest absolute Gasteiger partial charge is 0.189 e. The molecule has 0 aliphatic heterocycles. The lowest BCUT2D eigenvalue weighted by Crippen LogP contribution is -2.13. The number of ketones is 1. The van der Waals surface area contributed by atoms with Crippen molar-refractivity contribution < 1.29 is 14.6 Å². The number of phenolic OH excluding ortho intramolecular Hbond substituents is 1. The molecule has 3 rings (SSSR count). The van der Waals surface area contributed by atoms with Crippen molar-refractivity contribution in [2.75, 3.05) is 7.11 Å². The van der Waals surface area contributed by atoms with Gasteiger partial charge in [0.15, 0.2) is 17.3 Å². The van der Waals surface area contributed by atoms with Crippen LogP contribution in [0, 0.1) is 0 Å². The Morgan fingerprint density at radius 3 is 2.76 bits per heavy atom. The normalized spacial score (nSPS) is 15.9. The van der Waals surface area contributed by atoms with Crippen molar-refractivity contribution in [2.45, 2.75) is 12.8 Å². The van der Waals surface area contributed by atoms with E-state index in [1.807, 2.05) is 30.3 Å². The number of hydrogen-bond acceptors (Lipinski definition) is 3. The molecule has 0 bridgehead atoms. The molecule has 3 heteroatoms. The molecule has 0 unspecified atom stereocenters. The molecule has 0 amide bonds. The van der Waals surface area contributed by atoms with Crippen LogP contribution in [0.15, 0.2) is 48.0 Å². The Kier molecular flexibility index (Phi) is 3.48. The fraction of sp³-hybridized carbons (Fsp3) is 0.167. The Morgan fingerprint density at radius 2 is 1.95 bits per heavy atom. The summed E-state index contributed by atoms with van der Waals surface area (Å²) in [5.41, 5.74) is 3.55. The van der Waals surface area contributed by atoms with Crippen LogP contribution in [0.3, 0.4) is 0 Å². The summed E-state index contributed by atoms with van der Waals surface area (Å²) < 4.78 is 5.09. The van der Waals surface area contributed by atoms with E-state index in [9.17, 15) is 9.90 Å². The number of aryl methyl sites for hydroxylation is 1. The first-order chi connectivity index (χ1) is 10.2. The largest absolute Gasteiger partial charge is 0.504 e. The van der Waals surface area contributed by atoms with E-state index in [1.54, 1.807) is 18.2 Å². The lowest BCUT2D eigenvalue weighted by molar-refractivity contribution is 0.102. The highest BCUT2D eigenvalue weighted by atomic mass is 16.5. The molecular weight excluding hydrogens is 264 g/mol. The fourth-order valence-electron chi connectivity index (χ4n) is 2.64. The van der Waals surface area contributed by atoms with Crippen LogP contribution >= 0.6 is 0 Å². The quantitative estimate of drug-likeness (QED) is 0.855. The third kappa shape index (κ3) is 2.55. The molecule has 106 valence electrons. The number of allylic oxidation sites excluding steroid dienone is 1. The highest BCUT2D eigenvalue weighted by Crippen LogP contribution is 2.30. The maximum atomic E-state index is 12.5. The maximum absolute atomic E-state index is 12.5. The Bertz CT molecular complexity index is 729. The molecule has 0 atom stereocenters. The average molecular weight is 280 g/mol. The molecule has 3 nitrogen and oxygen atoms in total. The van der Waals surface area contributed by atoms with Crippen LogP contribution < -0.4 is 4.74 Å². The number of methoxy groups -OCH3 is 1. The molecule has 0 fully saturated rings. The first kappa shape index (κ1) is 13.4. The van der Waals surface area contributed by atoms with Crippen LogP contribution in [0.25, 0.3) is 6.08 Å². The summed E-state index contributed by atoms with van der Waals surface area (Å²) in [5, 5.41) is 9.61. The highest BCUT2D eigenvalue weighted by Gasteiger charge is 2.21. The third-order valence-electron chi connectivity index (χ3n) is 3.76. The lowest BCUT2D eigenvalue weighted by atomic mass is 9.86. The molecule has 0 aromatic heterocycles. The lowest BCUT2D eigenvalue weighted by Gasteiger charge is -2.17. The van der Waals surface area contributed by atoms with Gasteiger partial charge in [-0.1, -0.05) is 30.3 Å². The number of hydrogen-bond donors (Lipinski definition) is 1. The van der Waals surface area contributed by atoms with Gasteiger partial charge in [0.05, 0.1) is 7.11 Å². The van der Waals surface area contributed by atoms with Gasteiger partial charge in [0.1, 0.15) is 0 Å². The molecule has 0 radical (unpaired) electrons. The number of benzene rings is 2. The van der Waals surface area contributed by atoms with Crippen molar-refractivity contribution in [1.82, 2.24) is 0 Å². The van der Waals surface area contributed by atoms with Crippen molar-refractivity contribution in [3.8, 4) is 11.5 Å². The van der Waals surface area contributed by atoms with Gasteiger partial charge in [-0.15, -0.1) is 0 Å². The summed E-state index contributed by atoms with van der Waals surface area (Å²) >= 11 is 0.